The van der Waals surface area contributed by atoms with Crippen molar-refractivity contribution in [3.05, 3.63) is 0 Å². The van der Waals surface area contributed by atoms with Crippen molar-refractivity contribution >= 4 is 18.3 Å². The van der Waals surface area contributed by atoms with Gasteiger partial charge in [0.25, 0.3) is 0 Å². The molecule has 2 aliphatic rings. The van der Waals surface area contributed by atoms with Gasteiger partial charge < -0.3 is 10.6 Å². The fourth-order valence-corrected chi connectivity index (χ4v) is 3.09. The third-order valence-corrected chi connectivity index (χ3v) is 4.54. The quantitative estimate of drug-likeness (QED) is 0.723. The number of hydrogen-bond acceptors (Lipinski definition) is 2. The highest BCUT2D eigenvalue weighted by molar-refractivity contribution is 5.85. The second-order valence-corrected chi connectivity index (χ2v) is 6.91. The van der Waals surface area contributed by atoms with Gasteiger partial charge in [0, 0.05) is 6.04 Å². The molecule has 1 amide bonds. The molecule has 0 bridgehead atoms. The minimum atomic E-state index is 0. The molecule has 2 saturated carbocycles. The van der Waals surface area contributed by atoms with Crippen LogP contribution in [0.4, 0.5) is 0 Å². The van der Waals surface area contributed by atoms with Gasteiger partial charge in [0.05, 0.1) is 6.54 Å². The van der Waals surface area contributed by atoms with Crippen molar-refractivity contribution < 1.29 is 4.79 Å². The zero-order chi connectivity index (χ0) is 13.7. The molecule has 3 nitrogen and oxygen atoms in total. The Hall–Kier alpha value is -0.280. The summed E-state index contributed by atoms with van der Waals surface area (Å²) >= 11 is 0. The standard InChI is InChI=1S/C16H30N2O.ClH/c1-12(2)6-9-14-4-3-5-15(14)18-16(19)11-17-10-13-7-8-13;/h12-15,17H,3-11H2,1-2H3,(H,18,19);1H. The van der Waals surface area contributed by atoms with Crippen LogP contribution in [0.1, 0.15) is 58.8 Å². The van der Waals surface area contributed by atoms with E-state index in [2.05, 4.69) is 24.5 Å². The zero-order valence-electron chi connectivity index (χ0n) is 13.0. The number of halogens is 1. The highest BCUT2D eigenvalue weighted by Gasteiger charge is 2.28. The maximum Gasteiger partial charge on any atom is 0.234 e. The Morgan fingerprint density at radius 1 is 1.20 bits per heavy atom. The van der Waals surface area contributed by atoms with E-state index in [0.717, 1.165) is 24.3 Å². The lowest BCUT2D eigenvalue weighted by atomic mass is 9.93. The fourth-order valence-electron chi connectivity index (χ4n) is 3.09. The van der Waals surface area contributed by atoms with Gasteiger partial charge >= 0.3 is 0 Å². The van der Waals surface area contributed by atoms with Crippen LogP contribution in [0, 0.1) is 17.8 Å². The smallest absolute Gasteiger partial charge is 0.234 e. The molecule has 2 N–H and O–H groups in total. The van der Waals surface area contributed by atoms with Crippen molar-refractivity contribution in [2.75, 3.05) is 13.1 Å². The van der Waals surface area contributed by atoms with E-state index in [4.69, 9.17) is 0 Å². The van der Waals surface area contributed by atoms with E-state index >= 15 is 0 Å². The van der Waals surface area contributed by atoms with Gasteiger partial charge in [0.1, 0.15) is 0 Å². The number of amides is 1. The van der Waals surface area contributed by atoms with Gasteiger partial charge in [-0.2, -0.15) is 0 Å². The minimum absolute atomic E-state index is 0. The van der Waals surface area contributed by atoms with Crippen LogP contribution in [0.25, 0.3) is 0 Å². The molecular formula is C16H31ClN2O. The molecule has 0 spiro atoms. The Bertz CT molecular complexity index is 292. The normalized spacial score (nSPS) is 25.6. The molecule has 20 heavy (non-hydrogen) atoms. The summed E-state index contributed by atoms with van der Waals surface area (Å²) in [6.45, 7) is 6.09. The molecule has 0 aliphatic heterocycles. The SMILES string of the molecule is CC(C)CCC1CCCC1NC(=O)CNCC1CC1.Cl. The molecule has 118 valence electrons. The molecule has 2 aliphatic carbocycles. The first-order valence-electron chi connectivity index (χ1n) is 8.15. The summed E-state index contributed by atoms with van der Waals surface area (Å²) in [4.78, 5) is 11.9. The highest BCUT2D eigenvalue weighted by Crippen LogP contribution is 2.30. The number of carbonyl (C=O) groups is 1. The maximum absolute atomic E-state index is 11.9. The van der Waals surface area contributed by atoms with Crippen LogP contribution in [0.5, 0.6) is 0 Å². The molecule has 2 atom stereocenters. The first kappa shape index (κ1) is 17.8. The molecule has 0 heterocycles. The number of nitrogens with one attached hydrogen (secondary N) is 2. The third kappa shape index (κ3) is 6.45. The molecule has 0 aromatic rings. The lowest BCUT2D eigenvalue weighted by Crippen LogP contribution is -2.42. The van der Waals surface area contributed by atoms with Crippen molar-refractivity contribution in [2.24, 2.45) is 17.8 Å². The van der Waals surface area contributed by atoms with E-state index in [0.29, 0.717) is 12.6 Å². The monoisotopic (exact) mass is 302 g/mol. The largest absolute Gasteiger partial charge is 0.352 e. The first-order chi connectivity index (χ1) is 9.15. The van der Waals surface area contributed by atoms with E-state index in [1.165, 1.54) is 44.9 Å². The third-order valence-electron chi connectivity index (χ3n) is 4.54. The number of carbonyl (C=O) groups excluding carboxylic acids is 1. The van der Waals surface area contributed by atoms with Crippen LogP contribution in [-0.4, -0.2) is 25.0 Å². The molecule has 4 heteroatoms. The first-order valence-corrected chi connectivity index (χ1v) is 8.15. The number of hydrogen-bond donors (Lipinski definition) is 2. The van der Waals surface area contributed by atoms with Crippen molar-refractivity contribution in [3.63, 3.8) is 0 Å². The van der Waals surface area contributed by atoms with Crippen LogP contribution in [0.3, 0.4) is 0 Å². The summed E-state index contributed by atoms with van der Waals surface area (Å²) in [6.07, 6.45) is 9.01. The Morgan fingerprint density at radius 3 is 2.60 bits per heavy atom. The van der Waals surface area contributed by atoms with Crippen LogP contribution >= 0.6 is 12.4 Å². The second-order valence-electron chi connectivity index (χ2n) is 6.91. The van der Waals surface area contributed by atoms with Gasteiger partial charge in [-0.15, -0.1) is 12.4 Å². The van der Waals surface area contributed by atoms with Crippen LogP contribution in [0.15, 0.2) is 0 Å². The van der Waals surface area contributed by atoms with E-state index < -0.39 is 0 Å². The van der Waals surface area contributed by atoms with Crippen molar-refractivity contribution in [1.29, 1.82) is 0 Å². The zero-order valence-corrected chi connectivity index (χ0v) is 13.8. The van der Waals surface area contributed by atoms with Gasteiger partial charge in [-0.05, 0) is 56.4 Å². The summed E-state index contributed by atoms with van der Waals surface area (Å²) in [6, 6.07) is 0.439. The fraction of sp³-hybridized carbons (Fsp3) is 0.938. The average Bonchev–Trinajstić information content (AvgIpc) is 3.07. The summed E-state index contributed by atoms with van der Waals surface area (Å²) in [5, 5.41) is 6.52. The maximum atomic E-state index is 11.9. The highest BCUT2D eigenvalue weighted by atomic mass is 35.5. The van der Waals surface area contributed by atoms with E-state index in [1.54, 1.807) is 0 Å². The number of rotatable bonds is 8. The molecule has 2 fully saturated rings. The Labute approximate surface area is 130 Å². The summed E-state index contributed by atoms with van der Waals surface area (Å²) in [5.41, 5.74) is 0. The van der Waals surface area contributed by atoms with Gasteiger partial charge in [-0.1, -0.05) is 26.7 Å². The minimum Gasteiger partial charge on any atom is -0.352 e. The molecule has 0 aromatic carbocycles. The molecule has 2 unspecified atom stereocenters. The van der Waals surface area contributed by atoms with Crippen LogP contribution in [0.2, 0.25) is 0 Å². The van der Waals surface area contributed by atoms with Crippen molar-refractivity contribution in [1.82, 2.24) is 10.6 Å². The Morgan fingerprint density at radius 2 is 1.95 bits per heavy atom. The second kappa shape index (κ2) is 8.89. The van der Waals surface area contributed by atoms with E-state index in [1.807, 2.05) is 0 Å². The molecule has 0 radical (unpaired) electrons. The Balaban J connectivity index is 0.00000200. The molecule has 2 rings (SSSR count). The lowest BCUT2D eigenvalue weighted by Gasteiger charge is -2.22. The average molecular weight is 303 g/mol. The predicted molar refractivity (Wildman–Crippen MR) is 86.2 cm³/mol. The Kier molecular flexibility index (Phi) is 7.90. The summed E-state index contributed by atoms with van der Waals surface area (Å²) in [7, 11) is 0. The topological polar surface area (TPSA) is 41.1 Å². The van der Waals surface area contributed by atoms with Gasteiger partial charge in [0.15, 0.2) is 0 Å². The van der Waals surface area contributed by atoms with Gasteiger partial charge in [0.2, 0.25) is 5.91 Å². The summed E-state index contributed by atoms with van der Waals surface area (Å²) in [5.74, 6) is 2.53. The van der Waals surface area contributed by atoms with Gasteiger partial charge in [-0.25, -0.2) is 0 Å². The molecule has 0 aromatic heterocycles. The summed E-state index contributed by atoms with van der Waals surface area (Å²) < 4.78 is 0. The predicted octanol–water partition coefficient (Wildman–Crippen LogP) is 3.13. The van der Waals surface area contributed by atoms with Crippen molar-refractivity contribution in [3.8, 4) is 0 Å². The molecule has 0 saturated heterocycles. The van der Waals surface area contributed by atoms with Crippen molar-refractivity contribution in [2.45, 2.75) is 64.8 Å². The van der Waals surface area contributed by atoms with Crippen LogP contribution in [-0.2, 0) is 4.79 Å². The van der Waals surface area contributed by atoms with Crippen LogP contribution < -0.4 is 10.6 Å². The molecular weight excluding hydrogens is 272 g/mol. The lowest BCUT2D eigenvalue weighted by molar-refractivity contribution is -0.121. The van der Waals surface area contributed by atoms with Gasteiger partial charge in [-0.3, -0.25) is 4.79 Å². The van der Waals surface area contributed by atoms with E-state index in [-0.39, 0.29) is 18.3 Å². The van der Waals surface area contributed by atoms with E-state index in [9.17, 15) is 4.79 Å².